The second-order valence-corrected chi connectivity index (χ2v) is 10.1. The smallest absolute Gasteiger partial charge is 0.354 e. The molecule has 0 bridgehead atoms. The number of anilines is 1. The molecule has 1 N–H and O–H groups in total. The molecule has 4 nitrogen and oxygen atoms in total. The highest BCUT2D eigenvalue weighted by atomic mass is 16.5. The summed E-state index contributed by atoms with van der Waals surface area (Å²) in [7, 11) is 1.88. The van der Waals surface area contributed by atoms with Crippen LogP contribution < -0.4 is 5.32 Å². The SMILES string of the molecule is CC(COC(=O)c1cc(-c2ccc(NC(C)(C)C)cc2)cn1C)CC(C)(C)C. The lowest BCUT2D eigenvalue weighted by Gasteiger charge is -2.22. The van der Waals surface area contributed by atoms with Gasteiger partial charge in [0.1, 0.15) is 5.69 Å². The summed E-state index contributed by atoms with van der Waals surface area (Å²) in [5, 5.41) is 3.46. The van der Waals surface area contributed by atoms with Crippen molar-refractivity contribution >= 4 is 11.7 Å². The van der Waals surface area contributed by atoms with Crippen LogP contribution in [0.5, 0.6) is 0 Å². The Morgan fingerprint density at radius 3 is 2.21 bits per heavy atom. The summed E-state index contributed by atoms with van der Waals surface area (Å²) in [6.07, 6.45) is 3.00. The van der Waals surface area contributed by atoms with Crippen molar-refractivity contribution in [1.82, 2.24) is 4.57 Å². The maximum atomic E-state index is 12.5. The molecule has 2 rings (SSSR count). The molecule has 1 unspecified atom stereocenters. The molecule has 154 valence electrons. The minimum Gasteiger partial charge on any atom is -0.461 e. The van der Waals surface area contributed by atoms with Crippen molar-refractivity contribution in [3.8, 4) is 11.1 Å². The van der Waals surface area contributed by atoms with E-state index in [0.29, 0.717) is 18.2 Å². The Morgan fingerprint density at radius 2 is 1.68 bits per heavy atom. The van der Waals surface area contributed by atoms with Gasteiger partial charge in [0, 0.05) is 30.0 Å². The van der Waals surface area contributed by atoms with Crippen LogP contribution in [0.3, 0.4) is 0 Å². The third-order valence-corrected chi connectivity index (χ3v) is 4.41. The van der Waals surface area contributed by atoms with Crippen LogP contribution in [-0.4, -0.2) is 22.7 Å². The minimum absolute atomic E-state index is 0.0231. The molecule has 0 spiro atoms. The van der Waals surface area contributed by atoms with Gasteiger partial charge in [-0.1, -0.05) is 39.8 Å². The van der Waals surface area contributed by atoms with Crippen LogP contribution in [0, 0.1) is 11.3 Å². The lowest BCUT2D eigenvalue weighted by molar-refractivity contribution is 0.0410. The predicted molar refractivity (Wildman–Crippen MR) is 118 cm³/mol. The van der Waals surface area contributed by atoms with E-state index in [2.05, 4.69) is 78.0 Å². The molecule has 0 aliphatic heterocycles. The summed E-state index contributed by atoms with van der Waals surface area (Å²) in [6.45, 7) is 15.6. The van der Waals surface area contributed by atoms with Crippen molar-refractivity contribution < 1.29 is 9.53 Å². The monoisotopic (exact) mass is 384 g/mol. The first-order chi connectivity index (χ1) is 12.8. The Hall–Kier alpha value is -2.23. The highest BCUT2D eigenvalue weighted by Gasteiger charge is 2.19. The molecule has 0 aliphatic rings. The largest absolute Gasteiger partial charge is 0.461 e. The van der Waals surface area contributed by atoms with Crippen molar-refractivity contribution in [2.75, 3.05) is 11.9 Å². The van der Waals surface area contributed by atoms with E-state index in [1.165, 1.54) is 0 Å². The van der Waals surface area contributed by atoms with Crippen LogP contribution in [0.15, 0.2) is 36.5 Å². The summed E-state index contributed by atoms with van der Waals surface area (Å²) < 4.78 is 7.41. The van der Waals surface area contributed by atoms with Crippen LogP contribution in [-0.2, 0) is 11.8 Å². The van der Waals surface area contributed by atoms with Gasteiger partial charge in [-0.3, -0.25) is 0 Å². The second kappa shape index (κ2) is 8.42. The fourth-order valence-corrected chi connectivity index (χ4v) is 3.50. The highest BCUT2D eigenvalue weighted by Crippen LogP contribution is 2.26. The first-order valence-electron chi connectivity index (χ1n) is 10.1. The Morgan fingerprint density at radius 1 is 1.07 bits per heavy atom. The fraction of sp³-hybridized carbons (Fsp3) is 0.542. The van der Waals surface area contributed by atoms with Crippen LogP contribution >= 0.6 is 0 Å². The van der Waals surface area contributed by atoms with Crippen molar-refractivity contribution in [1.29, 1.82) is 0 Å². The van der Waals surface area contributed by atoms with Gasteiger partial charge < -0.3 is 14.6 Å². The predicted octanol–water partition coefficient (Wildman–Crippen LogP) is 6.13. The third-order valence-electron chi connectivity index (χ3n) is 4.41. The number of carbonyl (C=O) groups excluding carboxylic acids is 1. The van der Waals surface area contributed by atoms with Gasteiger partial charge in [0.05, 0.1) is 6.61 Å². The van der Waals surface area contributed by atoms with Crippen molar-refractivity contribution in [3.63, 3.8) is 0 Å². The Labute approximate surface area is 170 Å². The Kier molecular flexibility index (Phi) is 6.63. The van der Waals surface area contributed by atoms with Gasteiger partial charge in [0.15, 0.2) is 0 Å². The van der Waals surface area contributed by atoms with E-state index in [0.717, 1.165) is 23.2 Å². The summed E-state index contributed by atoms with van der Waals surface area (Å²) >= 11 is 0. The zero-order chi connectivity index (χ0) is 21.1. The maximum Gasteiger partial charge on any atom is 0.354 e. The number of aromatic nitrogens is 1. The van der Waals surface area contributed by atoms with E-state index in [1.807, 2.05) is 23.9 Å². The van der Waals surface area contributed by atoms with Crippen molar-refractivity contribution in [3.05, 3.63) is 42.2 Å². The van der Waals surface area contributed by atoms with E-state index < -0.39 is 0 Å². The van der Waals surface area contributed by atoms with E-state index in [9.17, 15) is 4.79 Å². The summed E-state index contributed by atoms with van der Waals surface area (Å²) in [5.41, 5.74) is 4.01. The zero-order valence-electron chi connectivity index (χ0n) is 18.7. The fourth-order valence-electron chi connectivity index (χ4n) is 3.50. The van der Waals surface area contributed by atoms with Gasteiger partial charge in [-0.05, 0) is 62.3 Å². The molecule has 1 atom stereocenters. The highest BCUT2D eigenvalue weighted by molar-refractivity contribution is 5.90. The molecule has 28 heavy (non-hydrogen) atoms. The molecule has 1 aromatic carbocycles. The lowest BCUT2D eigenvalue weighted by atomic mass is 9.86. The van der Waals surface area contributed by atoms with Crippen LogP contribution in [0.2, 0.25) is 0 Å². The number of esters is 1. The first-order valence-corrected chi connectivity index (χ1v) is 10.1. The molecular formula is C24H36N2O2. The molecule has 0 aliphatic carbocycles. The molecule has 0 radical (unpaired) electrons. The second-order valence-electron chi connectivity index (χ2n) is 10.1. The molecule has 1 aromatic heterocycles. The normalized spacial score (nSPS) is 13.3. The average Bonchev–Trinajstić information content (AvgIpc) is 2.92. The third kappa shape index (κ3) is 6.74. The number of nitrogens with one attached hydrogen (secondary N) is 1. The zero-order valence-corrected chi connectivity index (χ0v) is 18.7. The Bertz CT molecular complexity index is 789. The Balaban J connectivity index is 2.05. The number of hydrogen-bond donors (Lipinski definition) is 1. The molecule has 1 heterocycles. The number of nitrogens with zero attached hydrogens (tertiary/aromatic N) is 1. The van der Waals surface area contributed by atoms with E-state index in [-0.39, 0.29) is 16.9 Å². The number of aryl methyl sites for hydroxylation is 1. The first kappa shape index (κ1) is 22.1. The number of carbonyl (C=O) groups is 1. The summed E-state index contributed by atoms with van der Waals surface area (Å²) in [5.74, 6) is 0.0760. The van der Waals surface area contributed by atoms with E-state index in [4.69, 9.17) is 4.74 Å². The number of ether oxygens (including phenoxy) is 1. The average molecular weight is 385 g/mol. The quantitative estimate of drug-likeness (QED) is 0.609. The van der Waals surface area contributed by atoms with Gasteiger partial charge >= 0.3 is 5.97 Å². The van der Waals surface area contributed by atoms with Gasteiger partial charge in [-0.15, -0.1) is 0 Å². The van der Waals surface area contributed by atoms with Crippen molar-refractivity contribution in [2.45, 2.75) is 60.4 Å². The van der Waals surface area contributed by atoms with Crippen LogP contribution in [0.25, 0.3) is 11.1 Å². The molecule has 0 amide bonds. The van der Waals surface area contributed by atoms with Crippen molar-refractivity contribution in [2.24, 2.45) is 18.4 Å². The lowest BCUT2D eigenvalue weighted by Crippen LogP contribution is -2.25. The molecule has 0 saturated heterocycles. The molecular weight excluding hydrogens is 348 g/mol. The number of rotatable bonds is 6. The standard InChI is InChI=1S/C24H36N2O2/c1-17(14-23(2,3)4)16-28-22(27)21-13-19(15-26(21)8)18-9-11-20(12-10-18)25-24(5,6)7/h9-13,15,17,25H,14,16H2,1-8H3. The number of hydrogen-bond acceptors (Lipinski definition) is 3. The van der Waals surface area contributed by atoms with Gasteiger partial charge in [0.25, 0.3) is 0 Å². The summed E-state index contributed by atoms with van der Waals surface area (Å²) in [6, 6.07) is 10.2. The molecule has 4 heteroatoms. The van der Waals surface area contributed by atoms with Crippen LogP contribution in [0.1, 0.15) is 65.4 Å². The minimum atomic E-state index is -0.263. The molecule has 2 aromatic rings. The summed E-state index contributed by atoms with van der Waals surface area (Å²) in [4.78, 5) is 12.5. The van der Waals surface area contributed by atoms with Gasteiger partial charge in [0.2, 0.25) is 0 Å². The topological polar surface area (TPSA) is 43.3 Å². The number of benzene rings is 1. The molecule has 0 fully saturated rings. The van der Waals surface area contributed by atoms with Gasteiger partial charge in [-0.2, -0.15) is 0 Å². The van der Waals surface area contributed by atoms with E-state index >= 15 is 0 Å². The van der Waals surface area contributed by atoms with Crippen LogP contribution in [0.4, 0.5) is 5.69 Å². The maximum absolute atomic E-state index is 12.5. The van der Waals surface area contributed by atoms with Gasteiger partial charge in [-0.25, -0.2) is 4.79 Å². The molecule has 0 saturated carbocycles. The van der Waals surface area contributed by atoms with E-state index in [1.54, 1.807) is 0 Å².